The van der Waals surface area contributed by atoms with Gasteiger partial charge in [-0.3, -0.25) is 4.98 Å². The standard InChI is InChI=1S/C11H19N3O4S/c1-12-10-3-4-13-9-11(10)19(16,17)14(5-7-15)6-8-18-2/h3-4,9,15H,5-8H2,1-2H3,(H,12,13). The summed E-state index contributed by atoms with van der Waals surface area (Å²) in [6.07, 6.45) is 2.80. The molecule has 8 heteroatoms. The summed E-state index contributed by atoms with van der Waals surface area (Å²) in [6, 6.07) is 1.58. The lowest BCUT2D eigenvalue weighted by Crippen LogP contribution is -2.36. The smallest absolute Gasteiger partial charge is 0.246 e. The van der Waals surface area contributed by atoms with E-state index < -0.39 is 10.0 Å². The van der Waals surface area contributed by atoms with Gasteiger partial charge in [0.25, 0.3) is 0 Å². The molecule has 0 radical (unpaired) electrons. The van der Waals surface area contributed by atoms with E-state index in [2.05, 4.69) is 10.3 Å². The minimum Gasteiger partial charge on any atom is -0.395 e. The molecular weight excluding hydrogens is 270 g/mol. The zero-order valence-electron chi connectivity index (χ0n) is 11.0. The average molecular weight is 289 g/mol. The predicted molar refractivity (Wildman–Crippen MR) is 71.5 cm³/mol. The van der Waals surface area contributed by atoms with Crippen LogP contribution in [0.2, 0.25) is 0 Å². The highest BCUT2D eigenvalue weighted by Gasteiger charge is 2.26. The lowest BCUT2D eigenvalue weighted by Gasteiger charge is -2.22. The molecule has 19 heavy (non-hydrogen) atoms. The van der Waals surface area contributed by atoms with Crippen molar-refractivity contribution in [3.63, 3.8) is 0 Å². The topological polar surface area (TPSA) is 91.8 Å². The van der Waals surface area contributed by atoms with E-state index in [9.17, 15) is 8.42 Å². The number of aromatic nitrogens is 1. The van der Waals surface area contributed by atoms with Gasteiger partial charge in [0.15, 0.2) is 0 Å². The molecule has 0 aliphatic carbocycles. The van der Waals surface area contributed by atoms with Gasteiger partial charge in [0.2, 0.25) is 10.0 Å². The fourth-order valence-corrected chi connectivity index (χ4v) is 3.15. The molecule has 0 aliphatic rings. The van der Waals surface area contributed by atoms with Crippen molar-refractivity contribution in [1.29, 1.82) is 0 Å². The molecule has 0 atom stereocenters. The Hall–Kier alpha value is -1.22. The van der Waals surface area contributed by atoms with Crippen molar-refractivity contribution in [1.82, 2.24) is 9.29 Å². The van der Waals surface area contributed by atoms with Crippen LogP contribution in [0.4, 0.5) is 5.69 Å². The van der Waals surface area contributed by atoms with Gasteiger partial charge in [0.05, 0.1) is 18.9 Å². The van der Waals surface area contributed by atoms with Crippen molar-refractivity contribution in [2.75, 3.05) is 45.8 Å². The first-order chi connectivity index (χ1) is 9.07. The molecule has 1 aromatic rings. The van der Waals surface area contributed by atoms with Crippen LogP contribution in [0, 0.1) is 0 Å². The van der Waals surface area contributed by atoms with Gasteiger partial charge in [-0.2, -0.15) is 4.31 Å². The first-order valence-electron chi connectivity index (χ1n) is 5.79. The Labute approximate surface area is 113 Å². The average Bonchev–Trinajstić information content (AvgIpc) is 2.43. The second-order valence-electron chi connectivity index (χ2n) is 3.74. The summed E-state index contributed by atoms with van der Waals surface area (Å²) in [5.41, 5.74) is 0.468. The van der Waals surface area contributed by atoms with Gasteiger partial charge < -0.3 is 15.2 Å². The van der Waals surface area contributed by atoms with E-state index in [1.54, 1.807) is 13.1 Å². The van der Waals surface area contributed by atoms with Gasteiger partial charge in [-0.15, -0.1) is 0 Å². The van der Waals surface area contributed by atoms with Crippen LogP contribution < -0.4 is 5.32 Å². The maximum absolute atomic E-state index is 12.5. The summed E-state index contributed by atoms with van der Waals surface area (Å²) in [6.45, 7) is 0.202. The summed E-state index contributed by atoms with van der Waals surface area (Å²) in [4.78, 5) is 3.93. The number of nitrogens with zero attached hydrogens (tertiary/aromatic N) is 2. The van der Waals surface area contributed by atoms with Gasteiger partial charge in [0, 0.05) is 39.6 Å². The minimum absolute atomic E-state index is 0.0176. The van der Waals surface area contributed by atoms with E-state index in [1.807, 2.05) is 0 Å². The Bertz CT molecular complexity index is 492. The molecular formula is C11H19N3O4S. The van der Waals surface area contributed by atoms with E-state index >= 15 is 0 Å². The molecule has 0 amide bonds. The third-order valence-electron chi connectivity index (χ3n) is 2.57. The molecule has 108 valence electrons. The van der Waals surface area contributed by atoms with Crippen LogP contribution in [0.3, 0.4) is 0 Å². The number of hydrogen-bond donors (Lipinski definition) is 2. The maximum Gasteiger partial charge on any atom is 0.246 e. The molecule has 1 heterocycles. The fourth-order valence-electron chi connectivity index (χ4n) is 1.59. The zero-order chi connectivity index (χ0) is 14.3. The number of rotatable bonds is 8. The van der Waals surface area contributed by atoms with Crippen LogP contribution in [-0.4, -0.2) is 63.3 Å². The molecule has 0 spiro atoms. The molecule has 7 nitrogen and oxygen atoms in total. The highest BCUT2D eigenvalue weighted by atomic mass is 32.2. The summed E-state index contributed by atoms with van der Waals surface area (Å²) < 4.78 is 31.0. The Kier molecular flexibility index (Phi) is 6.16. The highest BCUT2D eigenvalue weighted by molar-refractivity contribution is 7.89. The molecule has 0 unspecified atom stereocenters. The number of anilines is 1. The minimum atomic E-state index is -3.71. The van der Waals surface area contributed by atoms with Gasteiger partial charge in [-0.25, -0.2) is 8.42 Å². The third kappa shape index (κ3) is 3.87. The number of sulfonamides is 1. The second-order valence-corrected chi connectivity index (χ2v) is 5.65. The van der Waals surface area contributed by atoms with Gasteiger partial charge in [-0.1, -0.05) is 0 Å². The monoisotopic (exact) mass is 289 g/mol. The normalized spacial score (nSPS) is 11.8. The van der Waals surface area contributed by atoms with E-state index in [4.69, 9.17) is 9.84 Å². The van der Waals surface area contributed by atoms with Crippen molar-refractivity contribution in [3.05, 3.63) is 18.5 Å². The molecule has 1 aromatic heterocycles. The summed E-state index contributed by atoms with van der Waals surface area (Å²) in [7, 11) is -0.578. The fraction of sp³-hybridized carbons (Fsp3) is 0.545. The van der Waals surface area contributed by atoms with Crippen molar-refractivity contribution in [2.45, 2.75) is 4.90 Å². The SMILES string of the molecule is CNc1ccncc1S(=O)(=O)N(CCO)CCOC. The largest absolute Gasteiger partial charge is 0.395 e. The second kappa shape index (κ2) is 7.39. The van der Waals surface area contributed by atoms with Crippen LogP contribution in [0.25, 0.3) is 0 Å². The lowest BCUT2D eigenvalue weighted by atomic mass is 10.4. The van der Waals surface area contributed by atoms with E-state index in [0.29, 0.717) is 5.69 Å². The number of nitrogens with one attached hydrogen (secondary N) is 1. The molecule has 0 fully saturated rings. The van der Waals surface area contributed by atoms with Crippen LogP contribution in [0.5, 0.6) is 0 Å². The lowest BCUT2D eigenvalue weighted by molar-refractivity contribution is 0.168. The molecule has 0 saturated carbocycles. The van der Waals surface area contributed by atoms with Crippen LogP contribution in [0.1, 0.15) is 0 Å². The van der Waals surface area contributed by atoms with Gasteiger partial charge >= 0.3 is 0 Å². The van der Waals surface area contributed by atoms with E-state index in [-0.39, 0.29) is 31.2 Å². The Morgan fingerprint density at radius 3 is 2.79 bits per heavy atom. The van der Waals surface area contributed by atoms with Crippen LogP contribution >= 0.6 is 0 Å². The van der Waals surface area contributed by atoms with E-state index in [0.717, 1.165) is 0 Å². The Balaban J connectivity index is 3.11. The highest BCUT2D eigenvalue weighted by Crippen LogP contribution is 2.22. The van der Waals surface area contributed by atoms with Crippen molar-refractivity contribution in [2.24, 2.45) is 0 Å². The van der Waals surface area contributed by atoms with Crippen molar-refractivity contribution < 1.29 is 18.3 Å². The molecule has 0 aromatic carbocycles. The molecule has 0 saturated heterocycles. The number of ether oxygens (including phenoxy) is 1. The molecule has 2 N–H and O–H groups in total. The predicted octanol–water partition coefficient (Wildman–Crippen LogP) is -0.247. The molecule has 0 bridgehead atoms. The quantitative estimate of drug-likeness (QED) is 0.686. The third-order valence-corrected chi connectivity index (χ3v) is 4.49. The van der Waals surface area contributed by atoms with Gasteiger partial charge in [0.1, 0.15) is 4.90 Å². The number of pyridine rings is 1. The van der Waals surface area contributed by atoms with E-state index in [1.165, 1.54) is 23.8 Å². The number of aliphatic hydroxyl groups excluding tert-OH is 1. The molecule has 0 aliphatic heterocycles. The van der Waals surface area contributed by atoms with Crippen LogP contribution in [-0.2, 0) is 14.8 Å². The van der Waals surface area contributed by atoms with Gasteiger partial charge in [-0.05, 0) is 6.07 Å². The Morgan fingerprint density at radius 1 is 1.47 bits per heavy atom. The first kappa shape index (κ1) is 15.8. The number of hydrogen-bond acceptors (Lipinski definition) is 6. The number of methoxy groups -OCH3 is 1. The maximum atomic E-state index is 12.5. The molecule has 1 rings (SSSR count). The van der Waals surface area contributed by atoms with Crippen molar-refractivity contribution in [3.8, 4) is 0 Å². The first-order valence-corrected chi connectivity index (χ1v) is 7.23. The number of aliphatic hydroxyl groups is 1. The van der Waals surface area contributed by atoms with Crippen molar-refractivity contribution >= 4 is 15.7 Å². The summed E-state index contributed by atoms with van der Waals surface area (Å²) in [5.74, 6) is 0. The zero-order valence-corrected chi connectivity index (χ0v) is 11.9. The van der Waals surface area contributed by atoms with Crippen LogP contribution in [0.15, 0.2) is 23.4 Å². The Morgan fingerprint density at radius 2 is 2.21 bits per heavy atom. The summed E-state index contributed by atoms with van der Waals surface area (Å²) in [5, 5.41) is 11.8. The summed E-state index contributed by atoms with van der Waals surface area (Å²) >= 11 is 0.